The van der Waals surface area contributed by atoms with Crippen LogP contribution < -0.4 is 10.6 Å². The summed E-state index contributed by atoms with van der Waals surface area (Å²) in [7, 11) is 0. The fourth-order valence-corrected chi connectivity index (χ4v) is 1.75. The van der Waals surface area contributed by atoms with Crippen LogP contribution in [0.2, 0.25) is 0 Å². The Morgan fingerprint density at radius 1 is 1.30 bits per heavy atom. The van der Waals surface area contributed by atoms with E-state index >= 15 is 0 Å². The number of amides is 1. The van der Waals surface area contributed by atoms with Crippen LogP contribution in [0.3, 0.4) is 0 Å². The quantitative estimate of drug-likeness (QED) is 0.874. The van der Waals surface area contributed by atoms with Crippen LogP contribution in [-0.4, -0.2) is 21.9 Å². The third-order valence-electron chi connectivity index (χ3n) is 2.62. The lowest BCUT2D eigenvalue weighted by atomic mass is 10.2. The molecule has 2 rings (SSSR count). The van der Waals surface area contributed by atoms with Gasteiger partial charge in [0.05, 0.1) is 0 Å². The van der Waals surface area contributed by atoms with Crippen LogP contribution >= 0.6 is 0 Å². The summed E-state index contributed by atoms with van der Waals surface area (Å²) in [5.74, 6) is -0.193. The zero-order valence-corrected chi connectivity index (χ0v) is 11.6. The summed E-state index contributed by atoms with van der Waals surface area (Å²) < 4.78 is 0. The first-order valence-electron chi connectivity index (χ1n) is 6.55. The Morgan fingerprint density at radius 2 is 2.15 bits per heavy atom. The summed E-state index contributed by atoms with van der Waals surface area (Å²) in [6, 6.07) is 7.66. The molecule has 5 nitrogen and oxygen atoms in total. The number of hydrogen-bond donors (Lipinski definition) is 2. The van der Waals surface area contributed by atoms with Crippen LogP contribution in [0.4, 0.5) is 5.69 Å². The Balaban J connectivity index is 1.98. The molecular weight excluding hydrogens is 252 g/mol. The molecule has 0 aliphatic carbocycles. The van der Waals surface area contributed by atoms with Crippen molar-refractivity contribution in [3.05, 3.63) is 54.1 Å². The van der Waals surface area contributed by atoms with E-state index in [0.29, 0.717) is 18.3 Å². The highest BCUT2D eigenvalue weighted by Crippen LogP contribution is 2.09. The molecule has 104 valence electrons. The van der Waals surface area contributed by atoms with E-state index < -0.39 is 0 Å². The minimum atomic E-state index is -0.193. The highest BCUT2D eigenvalue weighted by atomic mass is 16.1. The van der Waals surface area contributed by atoms with Gasteiger partial charge in [-0.2, -0.15) is 0 Å². The number of carbonyl (C=O) groups excluding carboxylic acids is 1. The molecule has 0 aliphatic heterocycles. The molecule has 0 spiro atoms. The molecule has 0 aliphatic rings. The number of nitrogens with zero attached hydrogens (tertiary/aromatic N) is 2. The molecule has 0 fully saturated rings. The Kier molecular flexibility index (Phi) is 4.65. The molecule has 0 atom stereocenters. The van der Waals surface area contributed by atoms with E-state index in [9.17, 15) is 4.79 Å². The van der Waals surface area contributed by atoms with Crippen molar-refractivity contribution in [1.82, 2.24) is 15.3 Å². The third kappa shape index (κ3) is 4.05. The molecule has 2 heterocycles. The minimum absolute atomic E-state index is 0.193. The zero-order chi connectivity index (χ0) is 14.4. The van der Waals surface area contributed by atoms with Crippen LogP contribution in [0.1, 0.15) is 29.9 Å². The van der Waals surface area contributed by atoms with Gasteiger partial charge in [0.2, 0.25) is 0 Å². The van der Waals surface area contributed by atoms with Crippen molar-refractivity contribution in [1.29, 1.82) is 0 Å². The van der Waals surface area contributed by atoms with E-state index in [0.717, 1.165) is 11.3 Å². The normalized spacial score (nSPS) is 10.3. The van der Waals surface area contributed by atoms with Crippen molar-refractivity contribution in [3.8, 4) is 0 Å². The van der Waals surface area contributed by atoms with E-state index in [-0.39, 0.29) is 5.91 Å². The van der Waals surface area contributed by atoms with E-state index in [1.165, 1.54) is 0 Å². The van der Waals surface area contributed by atoms with Crippen LogP contribution in [0.25, 0.3) is 0 Å². The maximum atomic E-state index is 12.0. The van der Waals surface area contributed by atoms with Gasteiger partial charge in [-0.1, -0.05) is 6.07 Å². The lowest BCUT2D eigenvalue weighted by molar-refractivity contribution is 0.0946. The van der Waals surface area contributed by atoms with Crippen molar-refractivity contribution in [3.63, 3.8) is 0 Å². The average Bonchev–Trinajstić information content (AvgIpc) is 2.45. The Labute approximate surface area is 118 Å². The molecule has 0 radical (unpaired) electrons. The molecule has 2 aromatic rings. The van der Waals surface area contributed by atoms with Gasteiger partial charge in [-0.15, -0.1) is 0 Å². The molecule has 0 unspecified atom stereocenters. The average molecular weight is 270 g/mol. The highest BCUT2D eigenvalue weighted by Gasteiger charge is 2.08. The van der Waals surface area contributed by atoms with Crippen molar-refractivity contribution < 1.29 is 4.79 Å². The molecule has 20 heavy (non-hydrogen) atoms. The topological polar surface area (TPSA) is 66.9 Å². The predicted octanol–water partition coefficient (Wildman–Crippen LogP) is 2.23. The second-order valence-electron chi connectivity index (χ2n) is 4.77. The van der Waals surface area contributed by atoms with Gasteiger partial charge in [-0.3, -0.25) is 14.8 Å². The Morgan fingerprint density at radius 3 is 2.85 bits per heavy atom. The van der Waals surface area contributed by atoms with E-state index in [1.807, 2.05) is 32.0 Å². The summed E-state index contributed by atoms with van der Waals surface area (Å²) in [6.45, 7) is 4.53. The second kappa shape index (κ2) is 6.65. The lowest BCUT2D eigenvalue weighted by Gasteiger charge is -2.10. The maximum Gasteiger partial charge on any atom is 0.270 e. The summed E-state index contributed by atoms with van der Waals surface area (Å²) in [4.78, 5) is 20.1. The number of rotatable bonds is 5. The largest absolute Gasteiger partial charge is 0.383 e. The SMILES string of the molecule is CC(C)Nc1ccnc(C(=O)NCc2cccnc2)c1. The minimum Gasteiger partial charge on any atom is -0.383 e. The monoisotopic (exact) mass is 270 g/mol. The van der Waals surface area contributed by atoms with Crippen LogP contribution in [0.15, 0.2) is 42.9 Å². The summed E-state index contributed by atoms with van der Waals surface area (Å²) >= 11 is 0. The van der Waals surface area contributed by atoms with Crippen molar-refractivity contribution >= 4 is 11.6 Å². The smallest absolute Gasteiger partial charge is 0.270 e. The first-order chi connectivity index (χ1) is 9.65. The van der Waals surface area contributed by atoms with Crippen LogP contribution in [0, 0.1) is 0 Å². The van der Waals surface area contributed by atoms with Gasteiger partial charge < -0.3 is 10.6 Å². The van der Waals surface area contributed by atoms with E-state index in [2.05, 4.69) is 20.6 Å². The number of anilines is 1. The van der Waals surface area contributed by atoms with Crippen molar-refractivity contribution in [2.75, 3.05) is 5.32 Å². The van der Waals surface area contributed by atoms with Gasteiger partial charge in [0.1, 0.15) is 5.69 Å². The van der Waals surface area contributed by atoms with Crippen LogP contribution in [0.5, 0.6) is 0 Å². The lowest BCUT2D eigenvalue weighted by Crippen LogP contribution is -2.24. The first kappa shape index (κ1) is 14.0. The third-order valence-corrected chi connectivity index (χ3v) is 2.62. The second-order valence-corrected chi connectivity index (χ2v) is 4.77. The van der Waals surface area contributed by atoms with Crippen molar-refractivity contribution in [2.24, 2.45) is 0 Å². The van der Waals surface area contributed by atoms with Gasteiger partial charge in [-0.25, -0.2) is 0 Å². The zero-order valence-electron chi connectivity index (χ0n) is 11.6. The molecule has 2 N–H and O–H groups in total. The van der Waals surface area contributed by atoms with E-state index in [1.54, 1.807) is 24.7 Å². The van der Waals surface area contributed by atoms with Crippen LogP contribution in [-0.2, 0) is 6.54 Å². The summed E-state index contributed by atoms with van der Waals surface area (Å²) in [5.41, 5.74) is 2.25. The fraction of sp³-hybridized carbons (Fsp3) is 0.267. The van der Waals surface area contributed by atoms with Gasteiger partial charge in [-0.05, 0) is 37.6 Å². The van der Waals surface area contributed by atoms with Gasteiger partial charge in [0.15, 0.2) is 0 Å². The van der Waals surface area contributed by atoms with Gasteiger partial charge in [0, 0.05) is 36.9 Å². The molecule has 2 aromatic heterocycles. The first-order valence-corrected chi connectivity index (χ1v) is 6.55. The Hall–Kier alpha value is -2.43. The summed E-state index contributed by atoms with van der Waals surface area (Å²) in [6.07, 6.45) is 5.06. The number of aromatic nitrogens is 2. The fourth-order valence-electron chi connectivity index (χ4n) is 1.75. The molecule has 0 aromatic carbocycles. The summed E-state index contributed by atoms with van der Waals surface area (Å²) in [5, 5.41) is 6.07. The number of pyridine rings is 2. The number of hydrogen-bond acceptors (Lipinski definition) is 4. The molecule has 0 saturated heterocycles. The maximum absolute atomic E-state index is 12.0. The van der Waals surface area contributed by atoms with E-state index in [4.69, 9.17) is 0 Å². The molecule has 0 bridgehead atoms. The molecule has 5 heteroatoms. The van der Waals surface area contributed by atoms with Crippen molar-refractivity contribution in [2.45, 2.75) is 26.4 Å². The highest BCUT2D eigenvalue weighted by molar-refractivity contribution is 5.93. The standard InChI is InChI=1S/C15H18N4O/c1-11(2)19-13-5-7-17-14(8-13)15(20)18-10-12-4-3-6-16-9-12/h3-9,11H,10H2,1-2H3,(H,17,19)(H,18,20). The predicted molar refractivity (Wildman–Crippen MR) is 78.4 cm³/mol. The number of carbonyl (C=O) groups is 1. The van der Waals surface area contributed by atoms with Gasteiger partial charge >= 0.3 is 0 Å². The molecule has 1 amide bonds. The number of nitrogens with one attached hydrogen (secondary N) is 2. The molecule has 0 saturated carbocycles. The molecular formula is C15H18N4O. The van der Waals surface area contributed by atoms with Gasteiger partial charge in [0.25, 0.3) is 5.91 Å². The Bertz CT molecular complexity index is 569.